The predicted octanol–water partition coefficient (Wildman–Crippen LogP) is 5.02. The Balaban J connectivity index is 1.58. The molecule has 1 unspecified atom stereocenters. The van der Waals surface area contributed by atoms with Gasteiger partial charge in [0.15, 0.2) is 5.65 Å². The van der Waals surface area contributed by atoms with Gasteiger partial charge in [0.05, 0.1) is 12.5 Å². The summed E-state index contributed by atoms with van der Waals surface area (Å²) < 4.78 is 100. The molecule has 1 aliphatic rings. The molecule has 1 saturated carbocycles. The van der Waals surface area contributed by atoms with Gasteiger partial charge in [-0.3, -0.25) is 4.40 Å². The average Bonchev–Trinajstić information content (AvgIpc) is 3.06. The quantitative estimate of drug-likeness (QED) is 0.511. The first-order valence-electron chi connectivity index (χ1n) is 8.56. The summed E-state index contributed by atoms with van der Waals surface area (Å²) in [7, 11) is 0. The molecule has 1 fully saturated rings. The Bertz CT molecular complexity index is 1060. The van der Waals surface area contributed by atoms with E-state index in [9.17, 15) is 30.7 Å². The fourth-order valence-electron chi connectivity index (χ4n) is 2.83. The zero-order chi connectivity index (χ0) is 21.7. The fourth-order valence-corrected chi connectivity index (χ4v) is 2.83. The molecule has 4 rings (SSSR count). The lowest BCUT2D eigenvalue weighted by atomic mass is 10.1. The zero-order valence-corrected chi connectivity index (χ0v) is 14.8. The number of halogens is 7. The van der Waals surface area contributed by atoms with Crippen LogP contribution in [0.5, 0.6) is 5.75 Å². The maximum Gasteiger partial charge on any atom is 0.573 e. The van der Waals surface area contributed by atoms with Gasteiger partial charge in [-0.1, -0.05) is 12.1 Å². The minimum atomic E-state index is -4.84. The minimum Gasteiger partial charge on any atom is -0.406 e. The van der Waals surface area contributed by atoms with Crippen molar-refractivity contribution < 1.29 is 40.2 Å². The van der Waals surface area contributed by atoms with Crippen molar-refractivity contribution in [2.24, 2.45) is 5.92 Å². The number of fused-ring (bicyclic) bond motifs is 1. The van der Waals surface area contributed by atoms with Crippen molar-refractivity contribution in [3.8, 4) is 16.9 Å². The largest absolute Gasteiger partial charge is 0.573 e. The van der Waals surface area contributed by atoms with Gasteiger partial charge in [0, 0.05) is 12.6 Å². The highest BCUT2D eigenvalue weighted by Crippen LogP contribution is 2.49. The molecule has 160 valence electrons. The van der Waals surface area contributed by atoms with Crippen LogP contribution in [0.4, 0.5) is 30.7 Å². The van der Waals surface area contributed by atoms with Gasteiger partial charge in [0.25, 0.3) is 5.92 Å². The third kappa shape index (κ3) is 4.18. The summed E-state index contributed by atoms with van der Waals surface area (Å²) in [6.45, 7) is -0.838. The van der Waals surface area contributed by atoms with E-state index in [-0.39, 0.29) is 5.65 Å². The van der Waals surface area contributed by atoms with E-state index in [0.29, 0.717) is 11.1 Å². The van der Waals surface area contributed by atoms with Crippen molar-refractivity contribution in [3.63, 3.8) is 0 Å². The van der Waals surface area contributed by atoms with Gasteiger partial charge in [0.2, 0.25) is 5.82 Å². The summed E-state index contributed by atoms with van der Waals surface area (Å²) >= 11 is 0. The second-order valence-corrected chi connectivity index (χ2v) is 6.73. The number of alkyl halides is 7. The van der Waals surface area contributed by atoms with E-state index in [1.165, 1.54) is 30.5 Å². The second kappa shape index (κ2) is 6.83. The molecule has 0 saturated heterocycles. The van der Waals surface area contributed by atoms with E-state index in [0.717, 1.165) is 16.5 Å². The number of nitrogens with zero attached hydrogens (tertiary/aromatic N) is 3. The SMILES string of the molecule is FC(F)(F)Oc1ccc(-c2ccc3nnc(C(F)(F)OCC4CC4(F)F)n3c2)cc1. The van der Waals surface area contributed by atoms with Crippen LogP contribution in [-0.2, 0) is 10.8 Å². The van der Waals surface area contributed by atoms with Crippen LogP contribution in [0.2, 0.25) is 0 Å². The number of benzene rings is 1. The Hall–Kier alpha value is -2.89. The summed E-state index contributed by atoms with van der Waals surface area (Å²) in [5.41, 5.74) is 0.824. The molecule has 0 aliphatic heterocycles. The molecule has 5 nitrogen and oxygen atoms in total. The molecule has 3 aromatic rings. The van der Waals surface area contributed by atoms with Gasteiger partial charge in [-0.15, -0.1) is 23.4 Å². The number of hydrogen-bond donors (Lipinski definition) is 0. The zero-order valence-electron chi connectivity index (χ0n) is 14.8. The first-order chi connectivity index (χ1) is 13.9. The molecule has 0 bridgehead atoms. The molecule has 2 heterocycles. The van der Waals surface area contributed by atoms with Gasteiger partial charge in [0.1, 0.15) is 5.75 Å². The predicted molar refractivity (Wildman–Crippen MR) is 88.0 cm³/mol. The highest BCUT2D eigenvalue weighted by molar-refractivity contribution is 5.65. The maximum absolute atomic E-state index is 14.4. The van der Waals surface area contributed by atoms with E-state index < -0.39 is 48.9 Å². The third-order valence-corrected chi connectivity index (χ3v) is 4.51. The Morgan fingerprint density at radius 1 is 0.967 bits per heavy atom. The van der Waals surface area contributed by atoms with E-state index in [2.05, 4.69) is 19.7 Å². The van der Waals surface area contributed by atoms with E-state index >= 15 is 0 Å². The summed E-state index contributed by atoms with van der Waals surface area (Å²) in [4.78, 5) is 0. The number of hydrogen-bond acceptors (Lipinski definition) is 4. The van der Waals surface area contributed by atoms with Crippen LogP contribution in [0.25, 0.3) is 16.8 Å². The number of pyridine rings is 1. The molecular weight excluding hydrogens is 423 g/mol. The normalized spacial score (nSPS) is 18.6. The van der Waals surface area contributed by atoms with E-state index in [4.69, 9.17) is 0 Å². The maximum atomic E-state index is 14.4. The molecule has 0 spiro atoms. The monoisotopic (exact) mass is 435 g/mol. The molecule has 2 aromatic heterocycles. The van der Waals surface area contributed by atoms with Gasteiger partial charge < -0.3 is 9.47 Å². The molecule has 12 heteroatoms. The second-order valence-electron chi connectivity index (χ2n) is 6.73. The van der Waals surface area contributed by atoms with Crippen molar-refractivity contribution in [2.75, 3.05) is 6.61 Å². The van der Waals surface area contributed by atoms with Crippen molar-refractivity contribution in [1.29, 1.82) is 0 Å². The van der Waals surface area contributed by atoms with E-state index in [1.807, 2.05) is 0 Å². The Morgan fingerprint density at radius 3 is 2.20 bits per heavy atom. The Morgan fingerprint density at radius 2 is 1.60 bits per heavy atom. The van der Waals surface area contributed by atoms with Crippen molar-refractivity contribution in [2.45, 2.75) is 24.8 Å². The lowest BCUT2D eigenvalue weighted by Crippen LogP contribution is -2.23. The minimum absolute atomic E-state index is 0.0470. The summed E-state index contributed by atoms with van der Waals surface area (Å²) in [6, 6.07) is 7.67. The highest BCUT2D eigenvalue weighted by atomic mass is 19.4. The summed E-state index contributed by atoms with van der Waals surface area (Å²) in [6.07, 6.45) is -8.08. The van der Waals surface area contributed by atoms with Gasteiger partial charge in [-0.25, -0.2) is 8.78 Å². The van der Waals surface area contributed by atoms with E-state index in [1.54, 1.807) is 0 Å². The number of rotatable bonds is 6. The molecule has 30 heavy (non-hydrogen) atoms. The third-order valence-electron chi connectivity index (χ3n) is 4.51. The Labute approximate surface area is 164 Å². The summed E-state index contributed by atoms with van der Waals surface area (Å²) in [5, 5.41) is 7.00. The molecular formula is C18H12F7N3O2. The van der Waals surface area contributed by atoms with Crippen LogP contribution in [-0.4, -0.2) is 33.5 Å². The van der Waals surface area contributed by atoms with Crippen molar-refractivity contribution in [1.82, 2.24) is 14.6 Å². The van der Waals surface area contributed by atoms with Crippen LogP contribution in [0.3, 0.4) is 0 Å². The Kier molecular flexibility index (Phi) is 4.64. The van der Waals surface area contributed by atoms with Crippen molar-refractivity contribution in [3.05, 3.63) is 48.4 Å². The molecule has 1 aromatic carbocycles. The molecule has 0 radical (unpaired) electrons. The molecule has 1 atom stereocenters. The van der Waals surface area contributed by atoms with Crippen LogP contribution < -0.4 is 4.74 Å². The fraction of sp³-hybridized carbons (Fsp3) is 0.333. The van der Waals surface area contributed by atoms with Gasteiger partial charge >= 0.3 is 12.5 Å². The number of aromatic nitrogens is 3. The molecule has 0 N–H and O–H groups in total. The molecule has 1 aliphatic carbocycles. The van der Waals surface area contributed by atoms with Crippen LogP contribution >= 0.6 is 0 Å². The molecule has 0 amide bonds. The standard InChI is InChI=1S/C18H12F7N3O2/c19-16(20)7-12(16)9-29-17(21,22)15-27-26-14-6-3-11(8-28(14)15)10-1-4-13(5-2-10)30-18(23,24)25/h1-6,8,12H,7,9H2. The van der Waals surface area contributed by atoms with Crippen molar-refractivity contribution >= 4 is 5.65 Å². The smallest absolute Gasteiger partial charge is 0.406 e. The van der Waals surface area contributed by atoms with Crippen LogP contribution in [0.15, 0.2) is 42.6 Å². The van der Waals surface area contributed by atoms with Gasteiger partial charge in [-0.05, 0) is 35.4 Å². The number of ether oxygens (including phenoxy) is 2. The lowest BCUT2D eigenvalue weighted by molar-refractivity contribution is -0.274. The average molecular weight is 435 g/mol. The first-order valence-corrected chi connectivity index (χ1v) is 8.56. The first kappa shape index (κ1) is 20.4. The lowest BCUT2D eigenvalue weighted by Gasteiger charge is -2.15. The van der Waals surface area contributed by atoms with Crippen LogP contribution in [0.1, 0.15) is 12.2 Å². The highest BCUT2D eigenvalue weighted by Gasteiger charge is 2.58. The van der Waals surface area contributed by atoms with Crippen LogP contribution in [0, 0.1) is 5.92 Å². The van der Waals surface area contributed by atoms with Gasteiger partial charge in [-0.2, -0.15) is 8.78 Å². The topological polar surface area (TPSA) is 48.7 Å². The summed E-state index contributed by atoms with van der Waals surface area (Å²) in [5.74, 6) is -5.61.